The molecule has 0 aliphatic heterocycles. The van der Waals surface area contributed by atoms with E-state index < -0.39 is 0 Å². The summed E-state index contributed by atoms with van der Waals surface area (Å²) in [7, 11) is 1.65. The van der Waals surface area contributed by atoms with Gasteiger partial charge in [-0.1, -0.05) is 25.1 Å². The molecule has 1 N–H and O–H groups in total. The van der Waals surface area contributed by atoms with E-state index >= 15 is 0 Å². The number of carbonyl (C=O) groups is 1. The normalized spacial score (nSPS) is 11.2. The fraction of sp³-hybridized carbons (Fsp3) is 0.400. The second-order valence-electron chi connectivity index (χ2n) is 4.15. The summed E-state index contributed by atoms with van der Waals surface area (Å²) >= 11 is 0. The van der Waals surface area contributed by atoms with Gasteiger partial charge in [0.05, 0.1) is 7.11 Å². The van der Waals surface area contributed by atoms with Crippen molar-refractivity contribution >= 4 is 5.91 Å². The van der Waals surface area contributed by atoms with Gasteiger partial charge in [0.15, 0.2) is 0 Å². The summed E-state index contributed by atoms with van der Waals surface area (Å²) in [6.07, 6.45) is 3.65. The van der Waals surface area contributed by atoms with E-state index in [4.69, 9.17) is 4.74 Å². The summed E-state index contributed by atoms with van der Waals surface area (Å²) in [4.78, 5) is 11.6. The molecule has 0 saturated heterocycles. The highest BCUT2D eigenvalue weighted by Gasteiger charge is 2.02. The van der Waals surface area contributed by atoms with E-state index in [0.29, 0.717) is 6.54 Å². The molecule has 98 valence electrons. The van der Waals surface area contributed by atoms with Gasteiger partial charge in [-0.3, -0.25) is 4.79 Å². The van der Waals surface area contributed by atoms with Gasteiger partial charge in [0, 0.05) is 12.1 Å². The number of ether oxygens (including phenoxy) is 1. The highest BCUT2D eigenvalue weighted by atomic mass is 16.5. The summed E-state index contributed by atoms with van der Waals surface area (Å²) in [5.74, 6) is 0.870. The second kappa shape index (κ2) is 7.54. The topological polar surface area (TPSA) is 38.3 Å². The molecule has 0 aliphatic carbocycles. The Morgan fingerprint density at radius 1 is 1.33 bits per heavy atom. The molecule has 1 rings (SSSR count). The Morgan fingerprint density at radius 3 is 2.56 bits per heavy atom. The molecule has 1 amide bonds. The van der Waals surface area contributed by atoms with Crippen molar-refractivity contribution in [2.45, 2.75) is 26.7 Å². The van der Waals surface area contributed by atoms with Crippen LogP contribution < -0.4 is 10.1 Å². The van der Waals surface area contributed by atoms with Crippen LogP contribution in [0.1, 0.15) is 25.8 Å². The van der Waals surface area contributed by atoms with Gasteiger partial charge in [-0.05, 0) is 37.5 Å². The Bertz CT molecular complexity index is 407. The molecule has 0 atom stereocenters. The summed E-state index contributed by atoms with van der Waals surface area (Å²) < 4.78 is 5.09. The smallest absolute Gasteiger partial charge is 0.246 e. The fourth-order valence-electron chi connectivity index (χ4n) is 1.65. The van der Waals surface area contributed by atoms with Crippen LogP contribution >= 0.6 is 0 Å². The minimum absolute atomic E-state index is 0.0189. The van der Waals surface area contributed by atoms with E-state index in [9.17, 15) is 4.79 Å². The number of amides is 1. The van der Waals surface area contributed by atoms with Crippen LogP contribution in [-0.4, -0.2) is 19.6 Å². The van der Waals surface area contributed by atoms with Crippen LogP contribution in [0.3, 0.4) is 0 Å². The third-order valence-corrected chi connectivity index (χ3v) is 2.73. The maximum Gasteiger partial charge on any atom is 0.246 e. The van der Waals surface area contributed by atoms with E-state index in [1.807, 2.05) is 44.2 Å². The third-order valence-electron chi connectivity index (χ3n) is 2.73. The van der Waals surface area contributed by atoms with Gasteiger partial charge < -0.3 is 10.1 Å². The van der Waals surface area contributed by atoms with Crippen LogP contribution in [-0.2, 0) is 11.2 Å². The number of methoxy groups -OCH3 is 1. The lowest BCUT2D eigenvalue weighted by Gasteiger charge is -2.06. The zero-order valence-corrected chi connectivity index (χ0v) is 11.3. The number of hydrogen-bond donors (Lipinski definition) is 1. The van der Waals surface area contributed by atoms with E-state index in [1.54, 1.807) is 7.11 Å². The first-order chi connectivity index (χ1) is 8.67. The summed E-state index contributed by atoms with van der Waals surface area (Å²) in [6.45, 7) is 4.51. The molecule has 0 aliphatic rings. The lowest BCUT2D eigenvalue weighted by Crippen LogP contribution is -2.26. The monoisotopic (exact) mass is 247 g/mol. The lowest BCUT2D eigenvalue weighted by molar-refractivity contribution is -0.117. The standard InChI is InChI=1S/C15H21NO2/c1-4-5-12(2)15(17)16-11-10-13-6-8-14(18-3)9-7-13/h5-9H,4,10-11H2,1-3H3,(H,16,17)/b12-5+. The van der Waals surface area contributed by atoms with E-state index in [1.165, 1.54) is 5.56 Å². The molecule has 0 fully saturated rings. The predicted molar refractivity (Wildman–Crippen MR) is 73.8 cm³/mol. The highest BCUT2D eigenvalue weighted by Crippen LogP contribution is 2.11. The van der Waals surface area contributed by atoms with Crippen molar-refractivity contribution in [2.24, 2.45) is 0 Å². The predicted octanol–water partition coefficient (Wildman–Crippen LogP) is 2.71. The largest absolute Gasteiger partial charge is 0.497 e. The average Bonchev–Trinajstić information content (AvgIpc) is 2.39. The molecule has 0 heterocycles. The van der Waals surface area contributed by atoms with Crippen molar-refractivity contribution < 1.29 is 9.53 Å². The molecule has 1 aromatic carbocycles. The number of nitrogens with one attached hydrogen (secondary N) is 1. The van der Waals surface area contributed by atoms with E-state index in [0.717, 1.165) is 24.2 Å². The molecule has 0 bridgehead atoms. The summed E-state index contributed by atoms with van der Waals surface area (Å²) in [5, 5.41) is 2.91. The number of benzene rings is 1. The number of hydrogen-bond acceptors (Lipinski definition) is 2. The Labute approximate surface area is 109 Å². The molecular formula is C15H21NO2. The zero-order chi connectivity index (χ0) is 13.4. The number of allylic oxidation sites excluding steroid dienone is 1. The first-order valence-electron chi connectivity index (χ1n) is 6.25. The van der Waals surface area contributed by atoms with Gasteiger partial charge in [0.2, 0.25) is 5.91 Å². The second-order valence-corrected chi connectivity index (χ2v) is 4.15. The molecule has 0 aromatic heterocycles. The molecule has 0 spiro atoms. The molecule has 1 aromatic rings. The number of carbonyl (C=O) groups excluding carboxylic acids is 1. The van der Waals surface area contributed by atoms with Crippen LogP contribution in [0.5, 0.6) is 5.75 Å². The van der Waals surface area contributed by atoms with Crippen molar-refractivity contribution in [2.75, 3.05) is 13.7 Å². The fourth-order valence-corrected chi connectivity index (χ4v) is 1.65. The quantitative estimate of drug-likeness (QED) is 0.785. The van der Waals surface area contributed by atoms with Crippen molar-refractivity contribution in [1.82, 2.24) is 5.32 Å². The SMILES string of the molecule is CC/C=C(\C)C(=O)NCCc1ccc(OC)cc1. The minimum atomic E-state index is 0.0189. The lowest BCUT2D eigenvalue weighted by atomic mass is 10.1. The molecular weight excluding hydrogens is 226 g/mol. The zero-order valence-electron chi connectivity index (χ0n) is 11.3. The Morgan fingerprint density at radius 2 is 2.00 bits per heavy atom. The maximum absolute atomic E-state index is 11.6. The molecule has 0 unspecified atom stereocenters. The summed E-state index contributed by atoms with van der Waals surface area (Å²) in [6, 6.07) is 7.89. The van der Waals surface area contributed by atoms with Crippen LogP contribution in [0.25, 0.3) is 0 Å². The maximum atomic E-state index is 11.6. The van der Waals surface area contributed by atoms with Gasteiger partial charge >= 0.3 is 0 Å². The van der Waals surface area contributed by atoms with E-state index in [2.05, 4.69) is 5.32 Å². The Kier molecular flexibility index (Phi) is 5.98. The van der Waals surface area contributed by atoms with Crippen LogP contribution in [0.4, 0.5) is 0 Å². The highest BCUT2D eigenvalue weighted by molar-refractivity contribution is 5.92. The minimum Gasteiger partial charge on any atom is -0.497 e. The van der Waals surface area contributed by atoms with Crippen LogP contribution in [0.15, 0.2) is 35.9 Å². The van der Waals surface area contributed by atoms with Gasteiger partial charge in [0.1, 0.15) is 5.75 Å². The Hall–Kier alpha value is -1.77. The first kappa shape index (κ1) is 14.3. The van der Waals surface area contributed by atoms with Gasteiger partial charge in [0.25, 0.3) is 0 Å². The molecule has 0 radical (unpaired) electrons. The van der Waals surface area contributed by atoms with Crippen molar-refractivity contribution in [3.8, 4) is 5.75 Å². The van der Waals surface area contributed by atoms with Crippen LogP contribution in [0, 0.1) is 0 Å². The van der Waals surface area contributed by atoms with Gasteiger partial charge in [-0.2, -0.15) is 0 Å². The molecule has 18 heavy (non-hydrogen) atoms. The van der Waals surface area contributed by atoms with E-state index in [-0.39, 0.29) is 5.91 Å². The van der Waals surface area contributed by atoms with Crippen molar-refractivity contribution in [3.63, 3.8) is 0 Å². The average molecular weight is 247 g/mol. The van der Waals surface area contributed by atoms with Gasteiger partial charge in [-0.25, -0.2) is 0 Å². The summed E-state index contributed by atoms with van der Waals surface area (Å²) in [5.41, 5.74) is 1.97. The Balaban J connectivity index is 2.37. The van der Waals surface area contributed by atoms with Crippen molar-refractivity contribution in [3.05, 3.63) is 41.5 Å². The van der Waals surface area contributed by atoms with Gasteiger partial charge in [-0.15, -0.1) is 0 Å². The van der Waals surface area contributed by atoms with Crippen molar-refractivity contribution in [1.29, 1.82) is 0 Å². The molecule has 3 nitrogen and oxygen atoms in total. The van der Waals surface area contributed by atoms with Crippen LogP contribution in [0.2, 0.25) is 0 Å². The molecule has 3 heteroatoms. The third kappa shape index (κ3) is 4.62. The number of rotatable bonds is 6. The molecule has 0 saturated carbocycles. The first-order valence-corrected chi connectivity index (χ1v) is 6.25.